The Hall–Kier alpha value is -2.65. The Balaban J connectivity index is 1.88. The Kier molecular flexibility index (Phi) is 5.62. The molecule has 9 heteroatoms. The molecule has 2 aromatic heterocycles. The van der Waals surface area contributed by atoms with Crippen LogP contribution in [0.3, 0.4) is 0 Å². The summed E-state index contributed by atoms with van der Waals surface area (Å²) >= 11 is 6.77. The molecule has 0 saturated heterocycles. The Morgan fingerprint density at radius 2 is 2.07 bits per heavy atom. The third-order valence-corrected chi connectivity index (χ3v) is 5.57. The second-order valence-electron chi connectivity index (χ2n) is 5.74. The van der Waals surface area contributed by atoms with Crippen LogP contribution >= 0.6 is 23.6 Å². The lowest BCUT2D eigenvalue weighted by Gasteiger charge is -2.12. The van der Waals surface area contributed by atoms with E-state index in [-0.39, 0.29) is 22.8 Å². The van der Waals surface area contributed by atoms with Gasteiger partial charge < -0.3 is 19.8 Å². The Labute approximate surface area is 164 Å². The highest BCUT2D eigenvalue weighted by molar-refractivity contribution is 7.71. The highest BCUT2D eigenvalue weighted by atomic mass is 32.1. The summed E-state index contributed by atoms with van der Waals surface area (Å²) in [6.07, 6.45) is 0.830. The maximum absolute atomic E-state index is 12.7. The number of anilines is 1. The van der Waals surface area contributed by atoms with Gasteiger partial charge in [0, 0.05) is 10.9 Å². The molecule has 7 nitrogen and oxygen atoms in total. The van der Waals surface area contributed by atoms with Crippen molar-refractivity contribution in [1.82, 2.24) is 9.55 Å². The van der Waals surface area contributed by atoms with Crippen LogP contribution in [0.5, 0.6) is 11.5 Å². The number of aromatic nitrogens is 2. The third-order valence-electron chi connectivity index (χ3n) is 4.06. The van der Waals surface area contributed by atoms with Gasteiger partial charge in [0.1, 0.15) is 22.9 Å². The first kappa shape index (κ1) is 19.1. The van der Waals surface area contributed by atoms with Crippen LogP contribution in [-0.2, 0) is 17.8 Å². The Bertz CT molecular complexity index is 1110. The fourth-order valence-corrected chi connectivity index (χ4v) is 3.95. The molecule has 3 rings (SSSR count). The first-order chi connectivity index (χ1) is 13.0. The van der Waals surface area contributed by atoms with Crippen LogP contribution in [0.1, 0.15) is 11.8 Å². The number of H-pyrrole nitrogens is 1. The van der Waals surface area contributed by atoms with Gasteiger partial charge in [-0.2, -0.15) is 0 Å². The molecular weight excluding hydrogens is 386 g/mol. The standard InChI is InChI=1S/C18H19N3O4S2/c1-4-11-8-12-16(27-11)20-18(26)21(17(12)23)9-15(22)19-13-6-5-10(24-2)7-14(13)25-3/h5-8H,4,9H2,1-3H3,(H,19,22)(H,20,26). The predicted molar refractivity (Wildman–Crippen MR) is 109 cm³/mol. The number of nitrogens with zero attached hydrogens (tertiary/aromatic N) is 1. The number of amides is 1. The molecule has 0 atom stereocenters. The molecule has 0 unspecified atom stereocenters. The van der Waals surface area contributed by atoms with E-state index in [1.165, 1.54) is 23.0 Å². The zero-order valence-electron chi connectivity index (χ0n) is 15.1. The number of carbonyl (C=O) groups excluding carboxylic acids is 1. The zero-order chi connectivity index (χ0) is 19.6. The normalized spacial score (nSPS) is 10.8. The summed E-state index contributed by atoms with van der Waals surface area (Å²) in [7, 11) is 3.05. The number of rotatable bonds is 6. The molecule has 0 spiro atoms. The first-order valence-corrected chi connectivity index (χ1v) is 9.46. The number of hydrogen-bond donors (Lipinski definition) is 2. The number of benzene rings is 1. The van der Waals surface area contributed by atoms with Gasteiger partial charge >= 0.3 is 0 Å². The quantitative estimate of drug-likeness (QED) is 0.615. The van der Waals surface area contributed by atoms with Crippen molar-refractivity contribution in [1.29, 1.82) is 0 Å². The smallest absolute Gasteiger partial charge is 0.263 e. The number of fused-ring (bicyclic) bond motifs is 1. The van der Waals surface area contributed by atoms with Crippen molar-refractivity contribution in [2.45, 2.75) is 19.9 Å². The summed E-state index contributed by atoms with van der Waals surface area (Å²) in [6, 6.07) is 6.89. The van der Waals surface area contributed by atoms with Gasteiger partial charge in [-0.15, -0.1) is 11.3 Å². The SMILES string of the molecule is CCc1cc2c(=O)n(CC(=O)Nc3ccc(OC)cc3OC)c(=S)[nH]c2s1. The van der Waals surface area contributed by atoms with Gasteiger partial charge in [-0.25, -0.2) is 0 Å². The van der Waals surface area contributed by atoms with Crippen molar-refractivity contribution in [3.8, 4) is 11.5 Å². The molecule has 0 radical (unpaired) electrons. The average Bonchev–Trinajstić information content (AvgIpc) is 3.08. The number of carbonyl (C=O) groups is 1. The van der Waals surface area contributed by atoms with E-state index in [9.17, 15) is 9.59 Å². The number of methoxy groups -OCH3 is 2. The van der Waals surface area contributed by atoms with Gasteiger partial charge in [-0.1, -0.05) is 6.92 Å². The largest absolute Gasteiger partial charge is 0.497 e. The molecule has 27 heavy (non-hydrogen) atoms. The fourth-order valence-electron chi connectivity index (χ4n) is 2.65. The maximum atomic E-state index is 12.7. The monoisotopic (exact) mass is 405 g/mol. The molecule has 2 heterocycles. The van der Waals surface area contributed by atoms with Crippen LogP contribution in [0.25, 0.3) is 10.2 Å². The van der Waals surface area contributed by atoms with Crippen molar-refractivity contribution < 1.29 is 14.3 Å². The summed E-state index contributed by atoms with van der Waals surface area (Å²) in [5.74, 6) is 0.685. The van der Waals surface area contributed by atoms with Gasteiger partial charge in [0.25, 0.3) is 5.56 Å². The molecule has 142 valence electrons. The van der Waals surface area contributed by atoms with Crippen molar-refractivity contribution in [3.05, 3.63) is 44.3 Å². The van der Waals surface area contributed by atoms with Gasteiger partial charge in [-0.3, -0.25) is 14.2 Å². The molecule has 3 aromatic rings. The van der Waals surface area contributed by atoms with Crippen molar-refractivity contribution in [3.63, 3.8) is 0 Å². The van der Waals surface area contributed by atoms with Crippen LogP contribution in [0.2, 0.25) is 0 Å². The summed E-state index contributed by atoms with van der Waals surface area (Å²) in [5.41, 5.74) is 0.206. The van der Waals surface area contributed by atoms with Crippen LogP contribution in [0.4, 0.5) is 5.69 Å². The average molecular weight is 406 g/mol. The number of ether oxygens (including phenoxy) is 2. The Morgan fingerprint density at radius 3 is 2.74 bits per heavy atom. The van der Waals surface area contributed by atoms with Crippen LogP contribution < -0.4 is 20.3 Å². The molecule has 0 saturated carbocycles. The minimum absolute atomic E-state index is 0.198. The summed E-state index contributed by atoms with van der Waals surface area (Å²) in [6.45, 7) is 1.82. The van der Waals surface area contributed by atoms with Crippen molar-refractivity contribution >= 4 is 45.4 Å². The lowest BCUT2D eigenvalue weighted by atomic mass is 10.2. The van der Waals surface area contributed by atoms with E-state index >= 15 is 0 Å². The van der Waals surface area contributed by atoms with Crippen molar-refractivity contribution in [2.24, 2.45) is 0 Å². The molecule has 1 amide bonds. The second kappa shape index (κ2) is 7.93. The number of aromatic amines is 1. The summed E-state index contributed by atoms with van der Waals surface area (Å²) in [4.78, 5) is 30.1. The lowest BCUT2D eigenvalue weighted by molar-refractivity contribution is -0.116. The molecule has 0 aliphatic heterocycles. The zero-order valence-corrected chi connectivity index (χ0v) is 16.8. The molecule has 1 aromatic carbocycles. The molecule has 2 N–H and O–H groups in total. The summed E-state index contributed by atoms with van der Waals surface area (Å²) in [5, 5.41) is 3.29. The van der Waals surface area contributed by atoms with Gasteiger partial charge in [0.05, 0.1) is 25.3 Å². The fraction of sp³-hybridized carbons (Fsp3) is 0.278. The Morgan fingerprint density at radius 1 is 1.30 bits per heavy atom. The third kappa shape index (κ3) is 3.88. The van der Waals surface area contributed by atoms with Gasteiger partial charge in [0.2, 0.25) is 5.91 Å². The maximum Gasteiger partial charge on any atom is 0.263 e. The summed E-state index contributed by atoms with van der Waals surface area (Å²) < 4.78 is 11.9. The molecule has 0 bridgehead atoms. The molecule has 0 aliphatic rings. The van der Waals surface area contributed by atoms with Crippen LogP contribution in [-0.4, -0.2) is 29.7 Å². The van der Waals surface area contributed by atoms with Gasteiger partial charge in [-0.05, 0) is 36.8 Å². The van der Waals surface area contributed by atoms with E-state index in [0.29, 0.717) is 22.6 Å². The highest BCUT2D eigenvalue weighted by Gasteiger charge is 2.14. The van der Waals surface area contributed by atoms with E-state index < -0.39 is 0 Å². The number of nitrogens with one attached hydrogen (secondary N) is 2. The van der Waals surface area contributed by atoms with E-state index in [1.807, 2.05) is 13.0 Å². The highest BCUT2D eigenvalue weighted by Crippen LogP contribution is 2.29. The second-order valence-corrected chi connectivity index (χ2v) is 7.27. The molecule has 0 fully saturated rings. The van der Waals surface area contributed by atoms with Gasteiger partial charge in [0.15, 0.2) is 4.77 Å². The van der Waals surface area contributed by atoms with E-state index in [2.05, 4.69) is 10.3 Å². The number of thiophene rings is 1. The topological polar surface area (TPSA) is 85.3 Å². The number of hydrogen-bond acceptors (Lipinski definition) is 6. The predicted octanol–water partition coefficient (Wildman–Crippen LogP) is 3.34. The van der Waals surface area contributed by atoms with Crippen LogP contribution in [0.15, 0.2) is 29.1 Å². The minimum atomic E-state index is -0.384. The van der Waals surface area contributed by atoms with E-state index in [4.69, 9.17) is 21.7 Å². The van der Waals surface area contributed by atoms with E-state index in [0.717, 1.165) is 16.1 Å². The van der Waals surface area contributed by atoms with Crippen LogP contribution in [0, 0.1) is 4.77 Å². The van der Waals surface area contributed by atoms with E-state index in [1.54, 1.807) is 25.3 Å². The minimum Gasteiger partial charge on any atom is -0.497 e. The lowest BCUT2D eigenvalue weighted by Crippen LogP contribution is -2.28. The molecular formula is C18H19N3O4S2. The first-order valence-electron chi connectivity index (χ1n) is 8.24. The molecule has 0 aliphatic carbocycles. The number of aryl methyl sites for hydroxylation is 1. The van der Waals surface area contributed by atoms with Crippen molar-refractivity contribution in [2.75, 3.05) is 19.5 Å².